The van der Waals surface area contributed by atoms with Crippen molar-refractivity contribution in [3.63, 3.8) is 0 Å². The maximum Gasteiger partial charge on any atom is 0.265 e. The van der Waals surface area contributed by atoms with E-state index >= 15 is 0 Å². The van der Waals surface area contributed by atoms with Gasteiger partial charge in [-0.25, -0.2) is 4.18 Å². The standard InChI is InChI=1S/C13H15NO5S/c1-20(17,18)19-12(13(16)14-8-5-9-14)11(15)10-6-3-2-4-7-10/h2-4,6-7,12H,5,8-9H2,1H3. The van der Waals surface area contributed by atoms with Crippen molar-refractivity contribution in [1.29, 1.82) is 0 Å². The lowest BCUT2D eigenvalue weighted by Crippen LogP contribution is -2.51. The van der Waals surface area contributed by atoms with Crippen molar-refractivity contribution in [3.05, 3.63) is 35.9 Å². The Kier molecular flexibility index (Phi) is 4.20. The Morgan fingerprint density at radius 1 is 1.20 bits per heavy atom. The molecule has 1 unspecified atom stereocenters. The molecule has 0 bridgehead atoms. The van der Waals surface area contributed by atoms with E-state index in [1.807, 2.05) is 0 Å². The smallest absolute Gasteiger partial charge is 0.265 e. The fraction of sp³-hybridized carbons (Fsp3) is 0.385. The number of nitrogens with zero attached hydrogens (tertiary/aromatic N) is 1. The van der Waals surface area contributed by atoms with Crippen LogP contribution in [0.25, 0.3) is 0 Å². The van der Waals surface area contributed by atoms with Crippen molar-refractivity contribution in [3.8, 4) is 0 Å². The Morgan fingerprint density at radius 2 is 1.80 bits per heavy atom. The molecule has 0 aliphatic carbocycles. The van der Waals surface area contributed by atoms with Crippen LogP contribution in [-0.4, -0.2) is 50.5 Å². The lowest BCUT2D eigenvalue weighted by Gasteiger charge is -2.33. The van der Waals surface area contributed by atoms with E-state index in [4.69, 9.17) is 4.18 Å². The van der Waals surface area contributed by atoms with Gasteiger partial charge < -0.3 is 4.90 Å². The third-order valence-corrected chi connectivity index (χ3v) is 3.50. The first-order valence-electron chi connectivity index (χ1n) is 6.15. The highest BCUT2D eigenvalue weighted by Crippen LogP contribution is 2.15. The molecule has 1 saturated heterocycles. The van der Waals surface area contributed by atoms with E-state index in [0.29, 0.717) is 13.1 Å². The molecule has 6 nitrogen and oxygen atoms in total. The van der Waals surface area contributed by atoms with Crippen LogP contribution in [0, 0.1) is 0 Å². The van der Waals surface area contributed by atoms with Crippen LogP contribution in [0.4, 0.5) is 0 Å². The lowest BCUT2D eigenvalue weighted by atomic mass is 10.0. The van der Waals surface area contributed by atoms with Gasteiger partial charge in [0.2, 0.25) is 11.9 Å². The minimum atomic E-state index is -3.91. The molecule has 0 aromatic heterocycles. The Morgan fingerprint density at radius 3 is 2.25 bits per heavy atom. The molecular formula is C13H15NO5S. The van der Waals surface area contributed by atoms with Crippen LogP contribution in [0.3, 0.4) is 0 Å². The molecule has 0 saturated carbocycles. The molecule has 0 spiro atoms. The van der Waals surface area contributed by atoms with Crippen LogP contribution in [0.2, 0.25) is 0 Å². The van der Waals surface area contributed by atoms with Crippen LogP contribution in [-0.2, 0) is 19.1 Å². The molecule has 1 aliphatic rings. The Balaban J connectivity index is 2.26. The summed E-state index contributed by atoms with van der Waals surface area (Å²) in [4.78, 5) is 25.8. The van der Waals surface area contributed by atoms with Gasteiger partial charge in [-0.1, -0.05) is 30.3 Å². The zero-order chi connectivity index (χ0) is 14.8. The maximum atomic E-state index is 12.3. The number of ketones is 1. The molecule has 1 amide bonds. The number of carbonyl (C=O) groups excluding carboxylic acids is 2. The summed E-state index contributed by atoms with van der Waals surface area (Å²) in [5.41, 5.74) is 0.245. The zero-order valence-corrected chi connectivity index (χ0v) is 11.8. The molecule has 1 heterocycles. The third kappa shape index (κ3) is 3.43. The number of hydrogen-bond donors (Lipinski definition) is 0. The molecule has 1 atom stereocenters. The van der Waals surface area contributed by atoms with Gasteiger partial charge in [-0.05, 0) is 6.42 Å². The van der Waals surface area contributed by atoms with E-state index in [2.05, 4.69) is 0 Å². The second kappa shape index (κ2) is 5.72. The molecule has 20 heavy (non-hydrogen) atoms. The zero-order valence-electron chi connectivity index (χ0n) is 11.0. The summed E-state index contributed by atoms with van der Waals surface area (Å²) < 4.78 is 27.2. The number of Topliss-reactive ketones (excluding diaryl/α,β-unsaturated/α-hetero) is 1. The third-order valence-electron chi connectivity index (χ3n) is 2.96. The monoisotopic (exact) mass is 297 g/mol. The minimum absolute atomic E-state index is 0.245. The summed E-state index contributed by atoms with van der Waals surface area (Å²) in [5.74, 6) is -1.25. The summed E-state index contributed by atoms with van der Waals surface area (Å²) in [7, 11) is -3.91. The van der Waals surface area contributed by atoms with Crippen LogP contribution in [0.5, 0.6) is 0 Å². The second-order valence-corrected chi connectivity index (χ2v) is 6.19. The van der Waals surface area contributed by atoms with Crippen molar-refractivity contribution >= 4 is 21.8 Å². The van der Waals surface area contributed by atoms with Gasteiger partial charge in [0, 0.05) is 18.7 Å². The number of rotatable bonds is 5. The quantitative estimate of drug-likeness (QED) is 0.448. The van der Waals surface area contributed by atoms with Gasteiger partial charge in [0.25, 0.3) is 16.0 Å². The van der Waals surface area contributed by atoms with Gasteiger partial charge in [-0.2, -0.15) is 8.42 Å². The highest BCUT2D eigenvalue weighted by Gasteiger charge is 2.37. The fourth-order valence-corrected chi connectivity index (χ4v) is 2.35. The van der Waals surface area contributed by atoms with E-state index < -0.39 is 27.9 Å². The van der Waals surface area contributed by atoms with Crippen molar-refractivity contribution in [2.45, 2.75) is 12.5 Å². The van der Waals surface area contributed by atoms with Gasteiger partial charge in [-0.3, -0.25) is 9.59 Å². The summed E-state index contributed by atoms with van der Waals surface area (Å²) in [6.45, 7) is 1.04. The van der Waals surface area contributed by atoms with Gasteiger partial charge in [0.1, 0.15) is 0 Å². The Bertz CT molecular complexity index is 607. The first-order valence-corrected chi connectivity index (χ1v) is 7.96. The van der Waals surface area contributed by atoms with Gasteiger partial charge in [0.15, 0.2) is 0 Å². The molecule has 1 fully saturated rings. The van der Waals surface area contributed by atoms with Crippen LogP contribution < -0.4 is 0 Å². The molecule has 108 valence electrons. The van der Waals surface area contributed by atoms with Crippen LogP contribution in [0.15, 0.2) is 30.3 Å². The van der Waals surface area contributed by atoms with Crippen LogP contribution >= 0.6 is 0 Å². The van der Waals surface area contributed by atoms with Crippen molar-refractivity contribution in [1.82, 2.24) is 4.90 Å². The second-order valence-electron chi connectivity index (χ2n) is 4.59. The molecule has 2 rings (SSSR count). The minimum Gasteiger partial charge on any atom is -0.340 e. The molecule has 0 N–H and O–H groups in total. The highest BCUT2D eigenvalue weighted by atomic mass is 32.2. The van der Waals surface area contributed by atoms with Gasteiger partial charge in [0.05, 0.1) is 6.26 Å². The van der Waals surface area contributed by atoms with Crippen molar-refractivity contribution in [2.75, 3.05) is 19.3 Å². The van der Waals surface area contributed by atoms with E-state index in [0.717, 1.165) is 12.7 Å². The normalized spacial score (nSPS) is 16.4. The van der Waals surface area contributed by atoms with E-state index in [1.165, 1.54) is 17.0 Å². The highest BCUT2D eigenvalue weighted by molar-refractivity contribution is 7.86. The first-order chi connectivity index (χ1) is 9.38. The van der Waals surface area contributed by atoms with Crippen LogP contribution in [0.1, 0.15) is 16.8 Å². The Labute approximate surface area is 117 Å². The summed E-state index contributed by atoms with van der Waals surface area (Å²) in [5, 5.41) is 0. The average Bonchev–Trinajstić information content (AvgIpc) is 2.33. The van der Waals surface area contributed by atoms with E-state index in [9.17, 15) is 18.0 Å². The summed E-state index contributed by atoms with van der Waals surface area (Å²) in [6, 6.07) is 8.03. The predicted octanol–water partition coefficient (Wildman–Crippen LogP) is 0.446. The maximum absolute atomic E-state index is 12.3. The average molecular weight is 297 g/mol. The molecule has 1 aliphatic heterocycles. The van der Waals surface area contributed by atoms with Gasteiger partial charge in [-0.15, -0.1) is 0 Å². The van der Waals surface area contributed by atoms with Crippen molar-refractivity contribution < 1.29 is 22.2 Å². The number of likely N-dealkylation sites (tertiary alicyclic amines) is 1. The SMILES string of the molecule is CS(=O)(=O)OC(C(=O)c1ccccc1)C(=O)N1CCC1. The fourth-order valence-electron chi connectivity index (χ4n) is 1.83. The van der Waals surface area contributed by atoms with Gasteiger partial charge >= 0.3 is 0 Å². The lowest BCUT2D eigenvalue weighted by molar-refractivity contribution is -0.139. The summed E-state index contributed by atoms with van der Waals surface area (Å²) >= 11 is 0. The number of carbonyl (C=O) groups is 2. The topological polar surface area (TPSA) is 80.8 Å². The number of benzene rings is 1. The Hall–Kier alpha value is -1.73. The summed E-state index contributed by atoms with van der Waals surface area (Å²) in [6.07, 6.45) is 0.0334. The van der Waals surface area contributed by atoms with E-state index in [-0.39, 0.29) is 5.56 Å². The number of hydrogen-bond acceptors (Lipinski definition) is 5. The first kappa shape index (κ1) is 14.7. The molecule has 7 heteroatoms. The molecule has 1 aromatic rings. The molecule has 0 radical (unpaired) electrons. The molecule has 1 aromatic carbocycles. The largest absolute Gasteiger partial charge is 0.340 e. The van der Waals surface area contributed by atoms with Crippen molar-refractivity contribution in [2.24, 2.45) is 0 Å². The van der Waals surface area contributed by atoms with E-state index in [1.54, 1.807) is 18.2 Å². The predicted molar refractivity (Wildman–Crippen MR) is 71.7 cm³/mol. The molecular weight excluding hydrogens is 282 g/mol. The number of amides is 1.